The minimum absolute atomic E-state index is 0.356. The normalized spacial score (nSPS) is 10.3. The second-order valence-electron chi connectivity index (χ2n) is 5.77. The van der Waals surface area contributed by atoms with E-state index in [4.69, 9.17) is 10.5 Å². The Hall–Kier alpha value is -3.32. The first kappa shape index (κ1) is 16.5. The second-order valence-corrected chi connectivity index (χ2v) is 5.77. The molecule has 1 aromatic heterocycles. The summed E-state index contributed by atoms with van der Waals surface area (Å²) in [5.41, 5.74) is 11.5. The van der Waals surface area contributed by atoms with E-state index in [1.54, 1.807) is 0 Å². The molecule has 0 atom stereocenters. The number of ether oxygens (including phenoxy) is 1. The lowest BCUT2D eigenvalue weighted by molar-refractivity contribution is 0.326. The van der Waals surface area contributed by atoms with E-state index in [9.17, 15) is 5.26 Å². The molecule has 0 aliphatic rings. The molecule has 0 aliphatic carbocycles. The monoisotopic (exact) mass is 329 g/mol. The molecule has 0 spiro atoms. The number of hydrogen-bond donors (Lipinski definition) is 1. The molecule has 0 amide bonds. The van der Waals surface area contributed by atoms with Crippen LogP contribution in [0.25, 0.3) is 22.4 Å². The minimum atomic E-state index is 0.356. The minimum Gasteiger partial charge on any atom is -0.477 e. The highest BCUT2D eigenvalue weighted by Crippen LogP contribution is 2.33. The van der Waals surface area contributed by atoms with E-state index in [-0.39, 0.29) is 0 Å². The van der Waals surface area contributed by atoms with Crippen LogP contribution in [0, 0.1) is 18.3 Å². The van der Waals surface area contributed by atoms with Gasteiger partial charge in [0, 0.05) is 16.8 Å². The van der Waals surface area contributed by atoms with Crippen molar-refractivity contribution in [1.82, 2.24) is 4.98 Å². The molecule has 2 aromatic carbocycles. The molecule has 0 aliphatic heterocycles. The molecular weight excluding hydrogens is 310 g/mol. The van der Waals surface area contributed by atoms with Gasteiger partial charge in [-0.2, -0.15) is 5.26 Å². The molecule has 4 heteroatoms. The fourth-order valence-corrected chi connectivity index (χ4v) is 2.63. The van der Waals surface area contributed by atoms with Crippen LogP contribution in [0.15, 0.2) is 54.6 Å². The summed E-state index contributed by atoms with van der Waals surface area (Å²) >= 11 is 0. The van der Waals surface area contributed by atoms with Crippen LogP contribution in [0.1, 0.15) is 18.1 Å². The van der Waals surface area contributed by atoms with Gasteiger partial charge in [-0.1, -0.05) is 42.0 Å². The fraction of sp³-hybridized carbons (Fsp3) is 0.143. The Kier molecular flexibility index (Phi) is 4.67. The third-order valence-corrected chi connectivity index (χ3v) is 3.95. The predicted octanol–water partition coefficient (Wildman–Crippen LogP) is 4.58. The van der Waals surface area contributed by atoms with Crippen molar-refractivity contribution in [3.63, 3.8) is 0 Å². The van der Waals surface area contributed by atoms with E-state index in [0.29, 0.717) is 23.7 Å². The van der Waals surface area contributed by atoms with Gasteiger partial charge in [-0.05, 0) is 37.6 Å². The standard InChI is InChI=1S/C21H19N3O/c1-3-25-21-19(13-22)18(15-6-4-14(2)5-7-15)12-20(24-21)16-8-10-17(23)11-9-16/h4-12H,3,23H2,1-2H3. The van der Waals surface area contributed by atoms with Crippen LogP contribution in [0.5, 0.6) is 5.88 Å². The first-order chi connectivity index (χ1) is 12.1. The van der Waals surface area contributed by atoms with E-state index in [2.05, 4.69) is 11.1 Å². The van der Waals surface area contributed by atoms with Crippen molar-refractivity contribution in [2.75, 3.05) is 12.3 Å². The van der Waals surface area contributed by atoms with Crippen LogP contribution in [0.3, 0.4) is 0 Å². The van der Waals surface area contributed by atoms with Crippen molar-refractivity contribution in [2.45, 2.75) is 13.8 Å². The Bertz CT molecular complexity index is 923. The first-order valence-electron chi connectivity index (χ1n) is 8.13. The number of aromatic nitrogens is 1. The molecule has 0 fully saturated rings. The summed E-state index contributed by atoms with van der Waals surface area (Å²) in [7, 11) is 0. The number of rotatable bonds is 4. The van der Waals surface area contributed by atoms with Crippen molar-refractivity contribution in [3.05, 3.63) is 65.7 Å². The maximum atomic E-state index is 9.65. The summed E-state index contributed by atoms with van der Waals surface area (Å²) in [5.74, 6) is 0.356. The Morgan fingerprint density at radius 2 is 1.68 bits per heavy atom. The van der Waals surface area contributed by atoms with E-state index >= 15 is 0 Å². The lowest BCUT2D eigenvalue weighted by Gasteiger charge is -2.13. The summed E-state index contributed by atoms with van der Waals surface area (Å²) in [5, 5.41) is 9.65. The Balaban J connectivity index is 2.22. The van der Waals surface area contributed by atoms with Gasteiger partial charge in [0.1, 0.15) is 11.6 Å². The van der Waals surface area contributed by atoms with Gasteiger partial charge in [0.05, 0.1) is 12.3 Å². The van der Waals surface area contributed by atoms with E-state index in [1.165, 1.54) is 5.56 Å². The lowest BCUT2D eigenvalue weighted by Crippen LogP contribution is -2.01. The van der Waals surface area contributed by atoms with Crippen LogP contribution >= 0.6 is 0 Å². The number of pyridine rings is 1. The first-order valence-corrected chi connectivity index (χ1v) is 8.13. The van der Waals surface area contributed by atoms with Crippen molar-refractivity contribution in [2.24, 2.45) is 0 Å². The quantitative estimate of drug-likeness (QED) is 0.711. The van der Waals surface area contributed by atoms with Gasteiger partial charge in [0.2, 0.25) is 5.88 Å². The lowest BCUT2D eigenvalue weighted by atomic mass is 9.98. The Morgan fingerprint density at radius 1 is 1.04 bits per heavy atom. The van der Waals surface area contributed by atoms with Crippen molar-refractivity contribution in [3.8, 4) is 34.3 Å². The molecule has 0 saturated heterocycles. The smallest absolute Gasteiger partial charge is 0.232 e. The third kappa shape index (κ3) is 3.46. The highest BCUT2D eigenvalue weighted by atomic mass is 16.5. The van der Waals surface area contributed by atoms with E-state index in [1.807, 2.05) is 68.4 Å². The van der Waals surface area contributed by atoms with Gasteiger partial charge in [-0.15, -0.1) is 0 Å². The summed E-state index contributed by atoms with van der Waals surface area (Å²) in [6.45, 7) is 4.36. The maximum absolute atomic E-state index is 9.65. The number of benzene rings is 2. The SMILES string of the molecule is CCOc1nc(-c2ccc(N)cc2)cc(-c2ccc(C)cc2)c1C#N. The summed E-state index contributed by atoms with van der Waals surface area (Å²) in [6, 6.07) is 19.7. The molecule has 25 heavy (non-hydrogen) atoms. The van der Waals surface area contributed by atoms with Crippen LogP contribution < -0.4 is 10.5 Å². The topological polar surface area (TPSA) is 71.9 Å². The van der Waals surface area contributed by atoms with Crippen molar-refractivity contribution >= 4 is 5.69 Å². The molecule has 3 aromatic rings. The van der Waals surface area contributed by atoms with Gasteiger partial charge in [-0.25, -0.2) is 4.98 Å². The molecule has 2 N–H and O–H groups in total. The van der Waals surface area contributed by atoms with Gasteiger partial charge in [0.15, 0.2) is 0 Å². The molecule has 1 heterocycles. The molecule has 0 radical (unpaired) electrons. The molecule has 0 saturated carbocycles. The van der Waals surface area contributed by atoms with Crippen LogP contribution in [0.4, 0.5) is 5.69 Å². The number of nitriles is 1. The number of aryl methyl sites for hydroxylation is 1. The Labute approximate surface area is 147 Å². The maximum Gasteiger partial charge on any atom is 0.232 e. The van der Waals surface area contributed by atoms with Gasteiger partial charge >= 0.3 is 0 Å². The van der Waals surface area contributed by atoms with Gasteiger partial charge in [-0.3, -0.25) is 0 Å². The van der Waals surface area contributed by atoms with Crippen LogP contribution in [-0.2, 0) is 0 Å². The average molecular weight is 329 g/mol. The number of anilines is 1. The van der Waals surface area contributed by atoms with Crippen molar-refractivity contribution < 1.29 is 4.74 Å². The molecule has 0 unspecified atom stereocenters. The number of nitrogens with two attached hydrogens (primary N) is 1. The molecule has 3 rings (SSSR count). The van der Waals surface area contributed by atoms with Gasteiger partial charge in [0.25, 0.3) is 0 Å². The zero-order valence-electron chi connectivity index (χ0n) is 14.3. The summed E-state index contributed by atoms with van der Waals surface area (Å²) in [4.78, 5) is 4.55. The van der Waals surface area contributed by atoms with Gasteiger partial charge < -0.3 is 10.5 Å². The zero-order valence-corrected chi connectivity index (χ0v) is 14.3. The number of nitrogen functional groups attached to an aromatic ring is 1. The summed E-state index contributed by atoms with van der Waals surface area (Å²) in [6.07, 6.45) is 0. The Morgan fingerprint density at radius 3 is 2.28 bits per heavy atom. The van der Waals surface area contributed by atoms with E-state index < -0.39 is 0 Å². The van der Waals surface area contributed by atoms with Crippen LogP contribution in [-0.4, -0.2) is 11.6 Å². The molecule has 0 bridgehead atoms. The highest BCUT2D eigenvalue weighted by Gasteiger charge is 2.16. The largest absolute Gasteiger partial charge is 0.477 e. The van der Waals surface area contributed by atoms with E-state index in [0.717, 1.165) is 22.4 Å². The molecular formula is C21H19N3O. The third-order valence-electron chi connectivity index (χ3n) is 3.95. The summed E-state index contributed by atoms with van der Waals surface area (Å²) < 4.78 is 5.64. The number of hydrogen-bond acceptors (Lipinski definition) is 4. The van der Waals surface area contributed by atoms with Crippen LogP contribution in [0.2, 0.25) is 0 Å². The second kappa shape index (κ2) is 7.06. The molecule has 124 valence electrons. The fourth-order valence-electron chi connectivity index (χ4n) is 2.63. The molecule has 4 nitrogen and oxygen atoms in total. The predicted molar refractivity (Wildman–Crippen MR) is 100 cm³/mol. The highest BCUT2D eigenvalue weighted by molar-refractivity contribution is 5.78. The zero-order chi connectivity index (χ0) is 17.8. The average Bonchev–Trinajstić information content (AvgIpc) is 2.62. The van der Waals surface area contributed by atoms with Crippen molar-refractivity contribution in [1.29, 1.82) is 5.26 Å². The number of nitrogens with zero attached hydrogens (tertiary/aromatic N) is 2.